The molecule has 3 aromatic rings. The molecular weight excluding hydrogens is 387 g/mol. The van der Waals surface area contributed by atoms with Crippen molar-refractivity contribution in [3.05, 3.63) is 89.7 Å². The SMILES string of the molecule is CC(=O)c1cccc(NC(=O)c2ccccc2OCC(=O)Nc2ccccc2F)c1. The molecule has 30 heavy (non-hydrogen) atoms. The lowest BCUT2D eigenvalue weighted by Gasteiger charge is -2.12. The number of hydrogen-bond donors (Lipinski definition) is 2. The van der Waals surface area contributed by atoms with Crippen LogP contribution in [0, 0.1) is 5.82 Å². The highest BCUT2D eigenvalue weighted by Crippen LogP contribution is 2.21. The summed E-state index contributed by atoms with van der Waals surface area (Å²) in [4.78, 5) is 36.3. The lowest BCUT2D eigenvalue weighted by Crippen LogP contribution is -2.22. The number of para-hydroxylation sites is 2. The third-order valence-corrected chi connectivity index (χ3v) is 4.17. The monoisotopic (exact) mass is 406 g/mol. The van der Waals surface area contributed by atoms with Gasteiger partial charge in [0.25, 0.3) is 11.8 Å². The first-order valence-corrected chi connectivity index (χ1v) is 9.12. The maximum atomic E-state index is 13.6. The van der Waals surface area contributed by atoms with Gasteiger partial charge in [-0.25, -0.2) is 4.39 Å². The van der Waals surface area contributed by atoms with Gasteiger partial charge in [0.05, 0.1) is 11.3 Å². The third-order valence-electron chi connectivity index (χ3n) is 4.17. The largest absolute Gasteiger partial charge is 0.483 e. The second kappa shape index (κ2) is 9.47. The third kappa shape index (κ3) is 5.29. The molecule has 0 aliphatic heterocycles. The maximum absolute atomic E-state index is 13.6. The van der Waals surface area contributed by atoms with Crippen molar-refractivity contribution in [1.29, 1.82) is 0 Å². The molecule has 0 unspecified atom stereocenters. The van der Waals surface area contributed by atoms with Crippen LogP contribution >= 0.6 is 0 Å². The average Bonchev–Trinajstić information content (AvgIpc) is 2.74. The van der Waals surface area contributed by atoms with Crippen molar-refractivity contribution in [2.45, 2.75) is 6.92 Å². The van der Waals surface area contributed by atoms with Crippen LogP contribution in [0.25, 0.3) is 0 Å². The van der Waals surface area contributed by atoms with Crippen molar-refractivity contribution < 1.29 is 23.5 Å². The van der Waals surface area contributed by atoms with Crippen molar-refractivity contribution >= 4 is 29.0 Å². The predicted octanol–water partition coefficient (Wildman–Crippen LogP) is 4.30. The van der Waals surface area contributed by atoms with E-state index >= 15 is 0 Å². The van der Waals surface area contributed by atoms with E-state index in [0.717, 1.165) is 0 Å². The quantitative estimate of drug-likeness (QED) is 0.573. The normalized spacial score (nSPS) is 10.2. The molecule has 3 rings (SSSR count). The summed E-state index contributed by atoms with van der Waals surface area (Å²) in [6, 6.07) is 18.8. The van der Waals surface area contributed by atoms with E-state index in [1.54, 1.807) is 54.6 Å². The second-order valence-electron chi connectivity index (χ2n) is 6.40. The lowest BCUT2D eigenvalue weighted by molar-refractivity contribution is -0.118. The highest BCUT2D eigenvalue weighted by Gasteiger charge is 2.15. The minimum absolute atomic E-state index is 0.0440. The first-order chi connectivity index (χ1) is 14.4. The summed E-state index contributed by atoms with van der Waals surface area (Å²) in [6.07, 6.45) is 0. The van der Waals surface area contributed by atoms with Gasteiger partial charge < -0.3 is 15.4 Å². The van der Waals surface area contributed by atoms with E-state index in [1.165, 1.54) is 25.1 Å². The molecule has 2 amide bonds. The number of carbonyl (C=O) groups is 3. The summed E-state index contributed by atoms with van der Waals surface area (Å²) < 4.78 is 19.1. The summed E-state index contributed by atoms with van der Waals surface area (Å²) in [5, 5.41) is 5.12. The summed E-state index contributed by atoms with van der Waals surface area (Å²) in [5.41, 5.74) is 1.19. The molecule has 0 aliphatic rings. The van der Waals surface area contributed by atoms with Crippen LogP contribution in [-0.2, 0) is 4.79 Å². The van der Waals surface area contributed by atoms with Crippen LogP contribution in [-0.4, -0.2) is 24.2 Å². The minimum Gasteiger partial charge on any atom is -0.483 e. The van der Waals surface area contributed by atoms with Crippen molar-refractivity contribution in [3.8, 4) is 5.75 Å². The Balaban J connectivity index is 1.67. The van der Waals surface area contributed by atoms with Gasteiger partial charge in [0.1, 0.15) is 11.6 Å². The molecule has 0 saturated carbocycles. The van der Waals surface area contributed by atoms with Gasteiger partial charge in [-0.05, 0) is 43.3 Å². The van der Waals surface area contributed by atoms with E-state index in [9.17, 15) is 18.8 Å². The molecule has 6 nitrogen and oxygen atoms in total. The number of halogens is 1. The van der Waals surface area contributed by atoms with Gasteiger partial charge in [-0.15, -0.1) is 0 Å². The molecule has 0 fully saturated rings. The van der Waals surface area contributed by atoms with Gasteiger partial charge in [0, 0.05) is 11.3 Å². The number of amides is 2. The maximum Gasteiger partial charge on any atom is 0.262 e. The van der Waals surface area contributed by atoms with E-state index < -0.39 is 24.2 Å². The Morgan fingerprint density at radius 2 is 1.63 bits per heavy atom. The van der Waals surface area contributed by atoms with Gasteiger partial charge in [0.15, 0.2) is 12.4 Å². The molecule has 0 atom stereocenters. The van der Waals surface area contributed by atoms with Gasteiger partial charge in [-0.2, -0.15) is 0 Å². The molecule has 0 saturated heterocycles. The minimum atomic E-state index is -0.565. The Bertz CT molecular complexity index is 1100. The number of benzene rings is 3. The highest BCUT2D eigenvalue weighted by molar-refractivity contribution is 6.07. The average molecular weight is 406 g/mol. The molecule has 7 heteroatoms. The molecular formula is C23H19FN2O4. The van der Waals surface area contributed by atoms with Crippen molar-refractivity contribution in [1.82, 2.24) is 0 Å². The Hall–Kier alpha value is -4.00. The number of rotatable bonds is 7. The second-order valence-corrected chi connectivity index (χ2v) is 6.40. The van der Waals surface area contributed by atoms with Crippen LogP contribution in [0.4, 0.5) is 15.8 Å². The van der Waals surface area contributed by atoms with Crippen LogP contribution in [0.15, 0.2) is 72.8 Å². The molecule has 0 bridgehead atoms. The smallest absolute Gasteiger partial charge is 0.262 e. The van der Waals surface area contributed by atoms with E-state index in [-0.39, 0.29) is 22.8 Å². The molecule has 0 aliphatic carbocycles. The van der Waals surface area contributed by atoms with Crippen molar-refractivity contribution in [2.24, 2.45) is 0 Å². The summed E-state index contributed by atoms with van der Waals surface area (Å²) in [6.45, 7) is 1.04. The number of carbonyl (C=O) groups excluding carboxylic acids is 3. The molecule has 0 spiro atoms. The topological polar surface area (TPSA) is 84.5 Å². The molecule has 0 radical (unpaired) electrons. The molecule has 0 heterocycles. The molecule has 3 aromatic carbocycles. The predicted molar refractivity (Wildman–Crippen MR) is 111 cm³/mol. The van der Waals surface area contributed by atoms with Gasteiger partial charge >= 0.3 is 0 Å². The number of ether oxygens (including phenoxy) is 1. The highest BCUT2D eigenvalue weighted by atomic mass is 19.1. The van der Waals surface area contributed by atoms with Gasteiger partial charge in [-0.3, -0.25) is 14.4 Å². The van der Waals surface area contributed by atoms with Gasteiger partial charge in [-0.1, -0.05) is 36.4 Å². The Morgan fingerprint density at radius 3 is 2.40 bits per heavy atom. The van der Waals surface area contributed by atoms with Crippen LogP contribution in [0.1, 0.15) is 27.6 Å². The number of anilines is 2. The van der Waals surface area contributed by atoms with Crippen LogP contribution in [0.2, 0.25) is 0 Å². The van der Waals surface area contributed by atoms with E-state index in [1.807, 2.05) is 0 Å². The molecule has 0 aromatic heterocycles. The Labute approximate surface area is 172 Å². The first-order valence-electron chi connectivity index (χ1n) is 9.12. The van der Waals surface area contributed by atoms with E-state index in [4.69, 9.17) is 4.74 Å². The summed E-state index contributed by atoms with van der Waals surface area (Å²) >= 11 is 0. The number of nitrogens with one attached hydrogen (secondary N) is 2. The van der Waals surface area contributed by atoms with Gasteiger partial charge in [0.2, 0.25) is 0 Å². The lowest BCUT2D eigenvalue weighted by atomic mass is 10.1. The Kier molecular flexibility index (Phi) is 6.54. The number of Topliss-reactive ketones (excluding diaryl/α,β-unsaturated/α-hetero) is 1. The molecule has 152 valence electrons. The van der Waals surface area contributed by atoms with Crippen LogP contribution in [0.5, 0.6) is 5.75 Å². The summed E-state index contributed by atoms with van der Waals surface area (Å²) in [7, 11) is 0. The number of hydrogen-bond acceptors (Lipinski definition) is 4. The zero-order valence-electron chi connectivity index (χ0n) is 16.1. The van der Waals surface area contributed by atoms with E-state index in [2.05, 4.69) is 10.6 Å². The van der Waals surface area contributed by atoms with E-state index in [0.29, 0.717) is 11.3 Å². The standard InChI is InChI=1S/C23H19FN2O4/c1-15(27)16-7-6-8-17(13-16)25-23(29)18-9-2-5-12-21(18)30-14-22(28)26-20-11-4-3-10-19(20)24/h2-13H,14H2,1H3,(H,25,29)(H,26,28). The first kappa shape index (κ1) is 20.7. The van der Waals surface area contributed by atoms with Crippen molar-refractivity contribution in [2.75, 3.05) is 17.2 Å². The Morgan fingerprint density at radius 1 is 0.900 bits per heavy atom. The number of ketones is 1. The van der Waals surface area contributed by atoms with Crippen LogP contribution < -0.4 is 15.4 Å². The zero-order chi connectivity index (χ0) is 21.5. The van der Waals surface area contributed by atoms with Crippen LogP contribution in [0.3, 0.4) is 0 Å². The zero-order valence-corrected chi connectivity index (χ0v) is 16.1. The molecule has 2 N–H and O–H groups in total. The fraction of sp³-hybridized carbons (Fsp3) is 0.0870. The fourth-order valence-electron chi connectivity index (χ4n) is 2.69. The fourth-order valence-corrected chi connectivity index (χ4v) is 2.69. The van der Waals surface area contributed by atoms with Crippen molar-refractivity contribution in [3.63, 3.8) is 0 Å². The summed E-state index contributed by atoms with van der Waals surface area (Å²) in [5.74, 6) is -1.50.